The van der Waals surface area contributed by atoms with Crippen LogP contribution in [0.4, 0.5) is 5.82 Å². The number of nitrogens with zero attached hydrogens (tertiary/aromatic N) is 5. The summed E-state index contributed by atoms with van der Waals surface area (Å²) in [5.41, 5.74) is 1.59. The number of fused-ring (bicyclic) bond motifs is 1. The van der Waals surface area contributed by atoms with E-state index in [0.717, 1.165) is 18.5 Å². The van der Waals surface area contributed by atoms with Gasteiger partial charge in [0.25, 0.3) is 11.5 Å². The molecule has 0 aliphatic carbocycles. The first-order valence-corrected chi connectivity index (χ1v) is 11.6. The van der Waals surface area contributed by atoms with Crippen LogP contribution in [0.2, 0.25) is 0 Å². The topological polar surface area (TPSA) is 84.5 Å². The van der Waals surface area contributed by atoms with Gasteiger partial charge in [-0.05, 0) is 44.9 Å². The summed E-state index contributed by atoms with van der Waals surface area (Å²) in [5.74, 6) is 0.277. The molecule has 1 fully saturated rings. The van der Waals surface area contributed by atoms with E-state index < -0.39 is 0 Å². The van der Waals surface area contributed by atoms with E-state index in [2.05, 4.69) is 10.3 Å². The maximum atomic E-state index is 13.4. The van der Waals surface area contributed by atoms with E-state index in [1.807, 2.05) is 43.7 Å². The van der Waals surface area contributed by atoms with Crippen molar-refractivity contribution in [2.75, 3.05) is 11.9 Å². The first-order valence-electron chi connectivity index (χ1n) is 10.4. The summed E-state index contributed by atoms with van der Waals surface area (Å²) in [6, 6.07) is 3.68. The van der Waals surface area contributed by atoms with E-state index in [4.69, 9.17) is 17.2 Å². The Balaban J connectivity index is 1.70. The third-order valence-electron chi connectivity index (χ3n) is 5.14. The average molecular weight is 469 g/mol. The zero-order valence-corrected chi connectivity index (χ0v) is 19.7. The largest absolute Gasteiger partial charge is 0.369 e. The molecule has 1 N–H and O–H groups in total. The van der Waals surface area contributed by atoms with E-state index in [9.17, 15) is 9.59 Å². The van der Waals surface area contributed by atoms with Crippen LogP contribution in [-0.4, -0.2) is 46.6 Å². The van der Waals surface area contributed by atoms with Crippen molar-refractivity contribution in [1.82, 2.24) is 23.8 Å². The molecule has 0 radical (unpaired) electrons. The molecule has 0 saturated carbocycles. The number of hydrogen-bond acceptors (Lipinski definition) is 7. The lowest BCUT2D eigenvalue weighted by atomic mass is 10.2. The molecule has 0 unspecified atom stereocenters. The van der Waals surface area contributed by atoms with Gasteiger partial charge in [-0.15, -0.1) is 0 Å². The minimum absolute atomic E-state index is 0.0485. The van der Waals surface area contributed by atoms with Gasteiger partial charge in [-0.1, -0.05) is 30.0 Å². The van der Waals surface area contributed by atoms with Gasteiger partial charge < -0.3 is 9.88 Å². The third kappa shape index (κ3) is 4.33. The van der Waals surface area contributed by atoms with E-state index in [-0.39, 0.29) is 17.5 Å². The van der Waals surface area contributed by atoms with Crippen LogP contribution in [-0.2, 0) is 11.3 Å². The van der Waals surface area contributed by atoms with Crippen LogP contribution in [0.5, 0.6) is 0 Å². The van der Waals surface area contributed by atoms with Gasteiger partial charge in [-0.25, -0.2) is 9.97 Å². The first-order chi connectivity index (χ1) is 15.4. The molecule has 1 saturated heterocycles. The van der Waals surface area contributed by atoms with Crippen molar-refractivity contribution in [1.29, 1.82) is 0 Å². The number of aryl methyl sites for hydroxylation is 2. The van der Waals surface area contributed by atoms with Crippen LogP contribution in [0.15, 0.2) is 46.8 Å². The molecule has 8 nitrogen and oxygen atoms in total. The highest BCUT2D eigenvalue weighted by Gasteiger charge is 2.34. The molecule has 4 heterocycles. The molecule has 0 atom stereocenters. The highest BCUT2D eigenvalue weighted by molar-refractivity contribution is 8.26. The van der Waals surface area contributed by atoms with Crippen molar-refractivity contribution in [3.63, 3.8) is 0 Å². The lowest BCUT2D eigenvalue weighted by Crippen LogP contribution is -2.34. The van der Waals surface area contributed by atoms with Crippen LogP contribution in [0.3, 0.4) is 0 Å². The van der Waals surface area contributed by atoms with Gasteiger partial charge in [0.05, 0.1) is 16.8 Å². The van der Waals surface area contributed by atoms with Gasteiger partial charge in [0.1, 0.15) is 15.8 Å². The summed E-state index contributed by atoms with van der Waals surface area (Å²) < 4.78 is 4.00. The molecule has 3 aromatic rings. The summed E-state index contributed by atoms with van der Waals surface area (Å²) in [4.78, 5) is 37.0. The summed E-state index contributed by atoms with van der Waals surface area (Å²) in [5, 5.41) is 3.30. The number of rotatable bonds is 7. The summed E-state index contributed by atoms with van der Waals surface area (Å²) in [6.45, 7) is 7.14. The Labute approximate surface area is 195 Å². The lowest BCUT2D eigenvalue weighted by Gasteiger charge is -2.18. The summed E-state index contributed by atoms with van der Waals surface area (Å²) in [7, 11) is 0. The molecule has 0 bridgehead atoms. The van der Waals surface area contributed by atoms with Crippen molar-refractivity contribution >= 4 is 51.7 Å². The van der Waals surface area contributed by atoms with Crippen LogP contribution >= 0.6 is 24.0 Å². The SMILES string of the molecule is Cc1cccn2c(=O)c(/C=C3/SC(=S)N(C(C)C)C3=O)c(NCCCn3ccnc3)nc12. The molecule has 32 heavy (non-hydrogen) atoms. The number of imidazole rings is 1. The molecule has 4 rings (SSSR count). The fourth-order valence-corrected chi connectivity index (χ4v) is 5.03. The van der Waals surface area contributed by atoms with E-state index in [1.165, 1.54) is 16.2 Å². The van der Waals surface area contributed by atoms with Crippen molar-refractivity contribution in [3.05, 3.63) is 63.4 Å². The predicted octanol–water partition coefficient (Wildman–Crippen LogP) is 3.31. The van der Waals surface area contributed by atoms with Crippen LogP contribution < -0.4 is 10.9 Å². The number of pyridine rings is 1. The summed E-state index contributed by atoms with van der Waals surface area (Å²) in [6.07, 6.45) is 9.55. The maximum absolute atomic E-state index is 13.4. The fourth-order valence-electron chi connectivity index (χ4n) is 3.52. The second kappa shape index (κ2) is 9.25. The number of hydrogen-bond donors (Lipinski definition) is 1. The van der Waals surface area contributed by atoms with Crippen molar-refractivity contribution in [2.45, 2.75) is 39.8 Å². The molecule has 166 valence electrons. The molecular weight excluding hydrogens is 444 g/mol. The Morgan fingerprint density at radius 1 is 1.28 bits per heavy atom. The van der Waals surface area contributed by atoms with Gasteiger partial charge in [-0.2, -0.15) is 0 Å². The zero-order chi connectivity index (χ0) is 22.8. The number of nitrogens with one attached hydrogen (secondary N) is 1. The summed E-state index contributed by atoms with van der Waals surface area (Å²) >= 11 is 6.59. The highest BCUT2D eigenvalue weighted by atomic mass is 32.2. The second-order valence-corrected chi connectivity index (χ2v) is 9.47. The van der Waals surface area contributed by atoms with E-state index in [0.29, 0.717) is 32.8 Å². The predicted molar refractivity (Wildman–Crippen MR) is 132 cm³/mol. The zero-order valence-electron chi connectivity index (χ0n) is 18.1. The normalized spacial score (nSPS) is 15.5. The van der Waals surface area contributed by atoms with Crippen molar-refractivity contribution in [3.8, 4) is 0 Å². The standard InChI is InChI=1S/C22H24N6O2S2/c1-14(2)28-21(30)17(32-22(28)31)12-16-18(24-7-5-9-26-11-8-23-13-26)25-19-15(3)6-4-10-27(19)20(16)29/h4,6,8,10-14,24H,5,7,9H2,1-3H3/b17-12+. The molecule has 0 spiro atoms. The maximum Gasteiger partial charge on any atom is 0.267 e. The number of carbonyl (C=O) groups is 1. The Bertz CT molecular complexity index is 1260. The second-order valence-electron chi connectivity index (χ2n) is 7.79. The number of amides is 1. The van der Waals surface area contributed by atoms with Gasteiger partial charge in [-0.3, -0.25) is 18.9 Å². The fraction of sp³-hybridized carbons (Fsp3) is 0.318. The van der Waals surface area contributed by atoms with Crippen molar-refractivity contribution < 1.29 is 4.79 Å². The van der Waals surface area contributed by atoms with Gasteiger partial charge in [0, 0.05) is 37.7 Å². The number of carbonyl (C=O) groups excluding carboxylic acids is 1. The first kappa shape index (κ1) is 22.2. The highest BCUT2D eigenvalue weighted by Crippen LogP contribution is 2.34. The molecule has 0 aromatic carbocycles. The third-order valence-corrected chi connectivity index (χ3v) is 6.47. The van der Waals surface area contributed by atoms with Gasteiger partial charge in [0.2, 0.25) is 0 Å². The minimum Gasteiger partial charge on any atom is -0.369 e. The lowest BCUT2D eigenvalue weighted by molar-refractivity contribution is -0.123. The molecule has 1 amide bonds. The van der Waals surface area contributed by atoms with Crippen LogP contribution in [0.25, 0.3) is 11.7 Å². The molecule has 1 aliphatic heterocycles. The van der Waals surface area contributed by atoms with Gasteiger partial charge in [0.15, 0.2) is 0 Å². The Morgan fingerprint density at radius 3 is 2.78 bits per heavy atom. The molecule has 10 heteroatoms. The van der Waals surface area contributed by atoms with Crippen LogP contribution in [0, 0.1) is 6.92 Å². The Hall–Kier alpha value is -2.98. The van der Waals surface area contributed by atoms with E-state index in [1.54, 1.807) is 29.7 Å². The van der Waals surface area contributed by atoms with Crippen molar-refractivity contribution in [2.24, 2.45) is 0 Å². The van der Waals surface area contributed by atoms with E-state index >= 15 is 0 Å². The average Bonchev–Trinajstić information content (AvgIpc) is 3.36. The monoisotopic (exact) mass is 468 g/mol. The molecule has 3 aromatic heterocycles. The molecular formula is C22H24N6O2S2. The number of thiocarbonyl (C=S) groups is 1. The number of aromatic nitrogens is 4. The quantitative estimate of drug-likeness (QED) is 0.323. The Kier molecular flexibility index (Phi) is 6.43. The van der Waals surface area contributed by atoms with Crippen LogP contribution in [0.1, 0.15) is 31.4 Å². The number of anilines is 1. The minimum atomic E-state index is -0.231. The molecule has 1 aliphatic rings. The number of thioether (sulfide) groups is 1. The smallest absolute Gasteiger partial charge is 0.267 e. The van der Waals surface area contributed by atoms with Gasteiger partial charge >= 0.3 is 0 Å². The Morgan fingerprint density at radius 2 is 2.09 bits per heavy atom.